The average Bonchev–Trinajstić information content (AvgIpc) is 3.13. The van der Waals surface area contributed by atoms with Crippen LogP contribution in [0.1, 0.15) is 36.3 Å². The van der Waals surface area contributed by atoms with Gasteiger partial charge in [-0.25, -0.2) is 18.2 Å². The molecule has 0 aliphatic heterocycles. The van der Waals surface area contributed by atoms with Crippen LogP contribution in [0.3, 0.4) is 0 Å². The molecule has 10 heteroatoms. The number of aromatic nitrogens is 3. The molecule has 0 atom stereocenters. The maximum absolute atomic E-state index is 14.0. The first-order valence-corrected chi connectivity index (χ1v) is 9.04. The standard InChI is InChI=1S/C20H17F5N4O/c1-3-20(24,25)16-9-15(29(4-2)28-16)11-5-6-17(26-10-11)27-19(30)18-13(22)7-12(21)8-14(18)23/h5-10H,3-4H2,1-2H3,(H,26,27,30). The highest BCUT2D eigenvalue weighted by Gasteiger charge is 2.33. The van der Waals surface area contributed by atoms with Crippen molar-refractivity contribution in [1.82, 2.24) is 14.8 Å². The van der Waals surface area contributed by atoms with Crippen molar-refractivity contribution < 1.29 is 26.7 Å². The minimum absolute atomic E-state index is 0.0337. The lowest BCUT2D eigenvalue weighted by Gasteiger charge is -2.09. The Balaban J connectivity index is 1.85. The summed E-state index contributed by atoms with van der Waals surface area (Å²) >= 11 is 0. The number of rotatable bonds is 6. The molecule has 30 heavy (non-hydrogen) atoms. The SMILES string of the molecule is CCn1nc(C(F)(F)CC)cc1-c1ccc(NC(=O)c2c(F)cc(F)cc2F)nc1. The first-order chi connectivity index (χ1) is 14.2. The van der Waals surface area contributed by atoms with Crippen LogP contribution >= 0.6 is 0 Å². The highest BCUT2D eigenvalue weighted by molar-refractivity contribution is 6.04. The number of nitrogens with zero attached hydrogens (tertiary/aromatic N) is 3. The predicted molar refractivity (Wildman–Crippen MR) is 99.6 cm³/mol. The Hall–Kier alpha value is -3.30. The number of hydrogen-bond donors (Lipinski definition) is 1. The highest BCUT2D eigenvalue weighted by Crippen LogP contribution is 2.33. The summed E-state index contributed by atoms with van der Waals surface area (Å²) in [5, 5.41) is 6.15. The summed E-state index contributed by atoms with van der Waals surface area (Å²) in [4.78, 5) is 16.1. The van der Waals surface area contributed by atoms with Gasteiger partial charge in [0.25, 0.3) is 11.8 Å². The maximum Gasteiger partial charge on any atom is 0.291 e. The van der Waals surface area contributed by atoms with Crippen LogP contribution in [0.25, 0.3) is 11.3 Å². The second kappa shape index (κ2) is 8.21. The van der Waals surface area contributed by atoms with E-state index in [2.05, 4.69) is 15.4 Å². The Bertz CT molecular complexity index is 1060. The number of halogens is 5. The molecule has 2 heterocycles. The van der Waals surface area contributed by atoms with E-state index in [0.717, 1.165) is 0 Å². The van der Waals surface area contributed by atoms with E-state index in [1.807, 2.05) is 0 Å². The zero-order chi connectivity index (χ0) is 22.1. The van der Waals surface area contributed by atoms with Gasteiger partial charge >= 0.3 is 0 Å². The van der Waals surface area contributed by atoms with Crippen LogP contribution in [0.5, 0.6) is 0 Å². The van der Waals surface area contributed by atoms with Crippen molar-refractivity contribution in [2.24, 2.45) is 0 Å². The fraction of sp³-hybridized carbons (Fsp3) is 0.250. The van der Waals surface area contributed by atoms with Crippen molar-refractivity contribution in [2.45, 2.75) is 32.7 Å². The molecule has 0 aliphatic rings. The van der Waals surface area contributed by atoms with E-state index >= 15 is 0 Å². The smallest absolute Gasteiger partial charge is 0.291 e. The molecule has 1 amide bonds. The van der Waals surface area contributed by atoms with Gasteiger partial charge in [-0.05, 0) is 25.1 Å². The molecule has 0 unspecified atom stereocenters. The van der Waals surface area contributed by atoms with Gasteiger partial charge in [0.05, 0.1) is 5.69 Å². The first kappa shape index (κ1) is 21.4. The quantitative estimate of drug-likeness (QED) is 0.558. The van der Waals surface area contributed by atoms with Gasteiger partial charge in [0.2, 0.25) is 0 Å². The number of aryl methyl sites for hydroxylation is 1. The lowest BCUT2D eigenvalue weighted by atomic mass is 10.1. The Kier molecular flexibility index (Phi) is 5.86. The number of anilines is 1. The molecule has 5 nitrogen and oxygen atoms in total. The summed E-state index contributed by atoms with van der Waals surface area (Å²) in [6, 6.07) is 4.90. The number of carbonyl (C=O) groups excluding carboxylic acids is 1. The molecule has 1 aromatic carbocycles. The molecule has 0 radical (unpaired) electrons. The highest BCUT2D eigenvalue weighted by atomic mass is 19.3. The van der Waals surface area contributed by atoms with E-state index in [1.165, 1.54) is 36.0 Å². The van der Waals surface area contributed by atoms with E-state index in [0.29, 0.717) is 29.9 Å². The second-order valence-corrected chi connectivity index (χ2v) is 6.42. The van der Waals surface area contributed by atoms with Crippen LogP contribution in [0.2, 0.25) is 0 Å². The lowest BCUT2D eigenvalue weighted by molar-refractivity contribution is -0.0133. The molecule has 0 saturated heterocycles. The van der Waals surface area contributed by atoms with Crippen LogP contribution in [-0.2, 0) is 12.5 Å². The molecule has 0 spiro atoms. The van der Waals surface area contributed by atoms with Gasteiger partial charge in [0.1, 0.15) is 34.5 Å². The molecule has 3 aromatic rings. The van der Waals surface area contributed by atoms with Gasteiger partial charge in [-0.15, -0.1) is 0 Å². The van der Waals surface area contributed by atoms with Crippen LogP contribution < -0.4 is 5.32 Å². The molecule has 3 rings (SSSR count). The number of alkyl halides is 2. The molecular formula is C20H17F5N4O. The summed E-state index contributed by atoms with van der Waals surface area (Å²) in [5.41, 5.74) is -0.444. The fourth-order valence-electron chi connectivity index (χ4n) is 2.81. The summed E-state index contributed by atoms with van der Waals surface area (Å²) in [6.07, 6.45) is 0.914. The van der Waals surface area contributed by atoms with Gasteiger partial charge in [0.15, 0.2) is 0 Å². The minimum atomic E-state index is -3.07. The van der Waals surface area contributed by atoms with Crippen LogP contribution in [0.4, 0.5) is 27.8 Å². The lowest BCUT2D eigenvalue weighted by Crippen LogP contribution is -2.17. The van der Waals surface area contributed by atoms with Crippen LogP contribution in [0, 0.1) is 17.5 Å². The third kappa shape index (κ3) is 4.17. The molecule has 0 bridgehead atoms. The van der Waals surface area contributed by atoms with Gasteiger partial charge in [-0.3, -0.25) is 9.48 Å². The Labute approximate surface area is 168 Å². The monoisotopic (exact) mass is 424 g/mol. The summed E-state index contributed by atoms with van der Waals surface area (Å²) < 4.78 is 69.8. The first-order valence-electron chi connectivity index (χ1n) is 9.04. The minimum Gasteiger partial charge on any atom is -0.306 e. The molecule has 0 fully saturated rings. The largest absolute Gasteiger partial charge is 0.306 e. The summed E-state index contributed by atoms with van der Waals surface area (Å²) in [5.74, 6) is -8.10. The third-order valence-electron chi connectivity index (χ3n) is 4.43. The van der Waals surface area contributed by atoms with Crippen molar-refractivity contribution in [3.05, 3.63) is 65.2 Å². The number of carbonyl (C=O) groups is 1. The summed E-state index contributed by atoms with van der Waals surface area (Å²) in [7, 11) is 0. The van der Waals surface area contributed by atoms with Crippen molar-refractivity contribution in [3.63, 3.8) is 0 Å². The zero-order valence-electron chi connectivity index (χ0n) is 16.0. The predicted octanol–water partition coefficient (Wildman–Crippen LogP) is 5.14. The van der Waals surface area contributed by atoms with Gasteiger partial charge in [-0.1, -0.05) is 6.92 Å². The van der Waals surface area contributed by atoms with E-state index in [9.17, 15) is 26.7 Å². The number of amides is 1. The Morgan fingerprint density at radius 2 is 1.77 bits per heavy atom. The maximum atomic E-state index is 14.0. The number of hydrogen-bond acceptors (Lipinski definition) is 3. The molecule has 158 valence electrons. The molecule has 2 aromatic heterocycles. The average molecular weight is 424 g/mol. The van der Waals surface area contributed by atoms with Crippen LogP contribution in [0.15, 0.2) is 36.5 Å². The Morgan fingerprint density at radius 1 is 1.10 bits per heavy atom. The van der Waals surface area contributed by atoms with Crippen molar-refractivity contribution in [2.75, 3.05) is 5.32 Å². The number of pyridine rings is 1. The molecular weight excluding hydrogens is 407 g/mol. The zero-order valence-corrected chi connectivity index (χ0v) is 16.0. The second-order valence-electron chi connectivity index (χ2n) is 6.42. The fourth-order valence-corrected chi connectivity index (χ4v) is 2.81. The number of benzene rings is 1. The number of nitrogens with one attached hydrogen (secondary N) is 1. The van der Waals surface area contributed by atoms with E-state index < -0.39 is 41.3 Å². The summed E-state index contributed by atoms with van der Waals surface area (Å²) in [6.45, 7) is 3.45. The van der Waals surface area contributed by atoms with Gasteiger partial charge in [0, 0.05) is 36.9 Å². The molecule has 0 aliphatic carbocycles. The normalized spacial score (nSPS) is 11.6. The van der Waals surface area contributed by atoms with Crippen molar-refractivity contribution in [1.29, 1.82) is 0 Å². The van der Waals surface area contributed by atoms with Crippen molar-refractivity contribution in [3.8, 4) is 11.3 Å². The van der Waals surface area contributed by atoms with Gasteiger partial charge < -0.3 is 5.32 Å². The molecule has 1 N–H and O–H groups in total. The van der Waals surface area contributed by atoms with Crippen LogP contribution in [-0.4, -0.2) is 20.7 Å². The van der Waals surface area contributed by atoms with Crippen molar-refractivity contribution >= 4 is 11.7 Å². The van der Waals surface area contributed by atoms with E-state index in [1.54, 1.807) is 6.92 Å². The van der Waals surface area contributed by atoms with E-state index in [-0.39, 0.29) is 11.5 Å². The van der Waals surface area contributed by atoms with Gasteiger partial charge in [-0.2, -0.15) is 13.9 Å². The molecule has 0 saturated carbocycles. The topological polar surface area (TPSA) is 59.8 Å². The van der Waals surface area contributed by atoms with E-state index in [4.69, 9.17) is 0 Å². The Morgan fingerprint density at radius 3 is 2.30 bits per heavy atom. The third-order valence-corrected chi connectivity index (χ3v) is 4.43.